The van der Waals surface area contributed by atoms with Crippen LogP contribution < -0.4 is 15.1 Å². The maximum atomic E-state index is 10.9. The highest BCUT2D eigenvalue weighted by atomic mass is 32.1. The van der Waals surface area contributed by atoms with Crippen LogP contribution in [0.25, 0.3) is 0 Å². The maximum absolute atomic E-state index is 10.9. The van der Waals surface area contributed by atoms with E-state index in [1.807, 2.05) is 0 Å². The summed E-state index contributed by atoms with van der Waals surface area (Å²) < 4.78 is 5.05. The molecule has 4 N–H and O–H groups in total. The van der Waals surface area contributed by atoms with Gasteiger partial charge in [-0.15, -0.1) is 21.8 Å². The molecule has 9 heteroatoms. The second kappa shape index (κ2) is 5.66. The Balaban J connectivity index is 2.32. The van der Waals surface area contributed by atoms with E-state index < -0.39 is 10.9 Å². The van der Waals surface area contributed by atoms with Crippen molar-refractivity contribution in [3.63, 3.8) is 0 Å². The molecule has 1 aromatic heterocycles. The first kappa shape index (κ1) is 15.2. The molecule has 2 aromatic rings. The summed E-state index contributed by atoms with van der Waals surface area (Å²) in [6.45, 7) is 1.73. The molecule has 0 saturated carbocycles. The average molecular weight is 312 g/mol. The second-order valence-corrected chi connectivity index (χ2v) is 5.22. The quantitative estimate of drug-likeness (QED) is 0.495. The van der Waals surface area contributed by atoms with Crippen molar-refractivity contribution >= 4 is 28.8 Å². The number of carboxylic acids is 1. The zero-order valence-electron chi connectivity index (χ0n) is 11.3. The molecule has 0 bridgehead atoms. The van der Waals surface area contributed by atoms with Gasteiger partial charge in [0.2, 0.25) is 0 Å². The third-order valence-electron chi connectivity index (χ3n) is 2.65. The molecule has 0 aliphatic carbocycles. The van der Waals surface area contributed by atoms with E-state index in [0.717, 1.165) is 0 Å². The Kier molecular flexibility index (Phi) is 4.09. The summed E-state index contributed by atoms with van der Waals surface area (Å²) in [4.78, 5) is 13.2. The second-order valence-electron chi connectivity index (χ2n) is 4.16. The minimum Gasteiger partial charge on any atom is -0.494 e. The van der Waals surface area contributed by atoms with Gasteiger partial charge in [-0.1, -0.05) is 0 Å². The van der Waals surface area contributed by atoms with Crippen LogP contribution in [-0.2, 0) is 0 Å². The smallest absolute Gasteiger partial charge is 0.335 e. The highest BCUT2D eigenvalue weighted by Crippen LogP contribution is 2.29. The summed E-state index contributed by atoms with van der Waals surface area (Å²) in [5, 5.41) is 31.1. The lowest BCUT2D eigenvalue weighted by atomic mass is 10.2. The topological polar surface area (TPSA) is 112 Å². The van der Waals surface area contributed by atoms with E-state index in [0.29, 0.717) is 5.01 Å². The van der Waals surface area contributed by atoms with Crippen molar-refractivity contribution in [2.45, 2.75) is 6.92 Å². The predicted molar refractivity (Wildman–Crippen MR) is 75.8 cm³/mol. The van der Waals surface area contributed by atoms with Crippen LogP contribution in [0.4, 0.5) is 11.5 Å². The maximum Gasteiger partial charge on any atom is 0.335 e. The van der Waals surface area contributed by atoms with Gasteiger partial charge in [0.05, 0.1) is 23.1 Å². The minimum absolute atomic E-state index is 0.0122. The van der Waals surface area contributed by atoms with Crippen LogP contribution in [0.3, 0.4) is 0 Å². The van der Waals surface area contributed by atoms with Gasteiger partial charge < -0.3 is 9.84 Å². The number of aryl methyl sites for hydroxylation is 1. The van der Waals surface area contributed by atoms with Gasteiger partial charge >= 0.3 is 11.8 Å². The van der Waals surface area contributed by atoms with Gasteiger partial charge in [-0.3, -0.25) is 0 Å². The van der Waals surface area contributed by atoms with Crippen LogP contribution in [-0.4, -0.2) is 33.6 Å². The van der Waals surface area contributed by atoms with Crippen molar-refractivity contribution in [3.05, 3.63) is 34.2 Å². The lowest BCUT2D eigenvalue weighted by Crippen LogP contribution is -2.48. The van der Waals surface area contributed by atoms with Crippen LogP contribution in [0.2, 0.25) is 0 Å². The third kappa shape index (κ3) is 3.28. The molecule has 0 radical (unpaired) electrons. The molecule has 0 aliphatic rings. The third-order valence-corrected chi connectivity index (χ3v) is 3.41. The highest BCUT2D eigenvalue weighted by molar-refractivity contribution is 7.09. The van der Waals surface area contributed by atoms with Crippen LogP contribution in [0.5, 0.6) is 5.75 Å². The highest BCUT2D eigenvalue weighted by Gasteiger charge is 2.32. The molecule has 0 saturated heterocycles. The molecule has 0 fully saturated rings. The van der Waals surface area contributed by atoms with E-state index in [1.165, 1.54) is 42.0 Å². The van der Waals surface area contributed by atoms with E-state index >= 15 is 0 Å². The Morgan fingerprint density at radius 3 is 2.67 bits per heavy atom. The molecule has 8 nitrogen and oxygen atoms in total. The van der Waals surface area contributed by atoms with Crippen LogP contribution >= 0.6 is 11.3 Å². The molecule has 0 unspecified atom stereocenters. The average Bonchev–Trinajstić information content (AvgIpc) is 2.86. The van der Waals surface area contributed by atoms with Gasteiger partial charge in [-0.05, 0) is 25.1 Å². The van der Waals surface area contributed by atoms with Crippen LogP contribution in [0, 0.1) is 6.92 Å². The van der Waals surface area contributed by atoms with E-state index in [4.69, 9.17) is 9.84 Å². The normalized spacial score (nSPS) is 11.2. The first-order valence-corrected chi connectivity index (χ1v) is 6.68. The summed E-state index contributed by atoms with van der Waals surface area (Å²) in [5.41, 5.74) is 2.64. The molecule has 1 aromatic carbocycles. The fraction of sp³-hybridized carbons (Fsp3) is 0.167. The number of nitrogens with zero attached hydrogens (tertiary/aromatic N) is 2. The van der Waals surface area contributed by atoms with E-state index in [-0.39, 0.29) is 22.8 Å². The Labute approximate surface area is 123 Å². The predicted octanol–water partition coefficient (Wildman–Crippen LogP) is 2.27. The van der Waals surface area contributed by atoms with E-state index in [9.17, 15) is 15.2 Å². The zero-order valence-corrected chi connectivity index (χ0v) is 12.1. The van der Waals surface area contributed by atoms with Crippen molar-refractivity contribution in [1.82, 2.24) is 9.90 Å². The van der Waals surface area contributed by atoms with Crippen molar-refractivity contribution in [2.75, 3.05) is 12.5 Å². The van der Waals surface area contributed by atoms with Crippen LogP contribution in [0.1, 0.15) is 15.4 Å². The number of thiazole rings is 1. The number of rotatable bonds is 5. The van der Waals surface area contributed by atoms with Crippen molar-refractivity contribution in [3.8, 4) is 5.75 Å². The summed E-state index contributed by atoms with van der Waals surface area (Å²) in [6, 6.07) is 3.97. The fourth-order valence-electron chi connectivity index (χ4n) is 1.64. The fourth-order valence-corrected chi connectivity index (χ4v) is 2.26. The van der Waals surface area contributed by atoms with Crippen molar-refractivity contribution in [1.29, 1.82) is 0 Å². The Morgan fingerprint density at radius 2 is 2.14 bits per heavy atom. The number of aromatic carboxylic acids is 1. The first-order chi connectivity index (χ1) is 9.83. The molecular formula is C12H14N3O5S+. The lowest BCUT2D eigenvalue weighted by Gasteiger charge is -2.20. The van der Waals surface area contributed by atoms with Crippen LogP contribution in [0.15, 0.2) is 23.6 Å². The Bertz CT molecular complexity index is 671. The SMILES string of the molecule is COc1cc(C(=O)O)ccc1N[N+](O)(O)c1csc(C)n1. The van der Waals surface area contributed by atoms with E-state index in [1.54, 1.807) is 6.92 Å². The number of carboxylic acid groups (broad SMARTS) is 1. The molecule has 1 heterocycles. The number of aromatic nitrogens is 1. The number of benzene rings is 1. The monoisotopic (exact) mass is 312 g/mol. The summed E-state index contributed by atoms with van der Waals surface area (Å²) in [7, 11) is 1.35. The summed E-state index contributed by atoms with van der Waals surface area (Å²) in [6.07, 6.45) is 0. The summed E-state index contributed by atoms with van der Waals surface area (Å²) in [5.74, 6) is -0.960. The number of hydrogen-bond acceptors (Lipinski definition) is 7. The van der Waals surface area contributed by atoms with Gasteiger partial charge in [0.15, 0.2) is 0 Å². The standard InChI is InChI=1S/C12H13N3O5S/c1-7-13-11(6-21-7)15(18,19)14-9-4-3-8(12(16)17)5-10(9)20-2/h3-6,14,18-19H,1-2H3/p+1. The Morgan fingerprint density at radius 1 is 1.43 bits per heavy atom. The van der Waals surface area contributed by atoms with Gasteiger partial charge in [0, 0.05) is 0 Å². The summed E-state index contributed by atoms with van der Waals surface area (Å²) >= 11 is 1.26. The molecule has 0 atom stereocenters. The first-order valence-electron chi connectivity index (χ1n) is 5.80. The molecule has 0 amide bonds. The molecule has 21 heavy (non-hydrogen) atoms. The van der Waals surface area contributed by atoms with E-state index in [2.05, 4.69) is 10.4 Å². The van der Waals surface area contributed by atoms with Crippen molar-refractivity contribution in [2.24, 2.45) is 0 Å². The number of carbonyl (C=O) groups is 1. The number of anilines is 1. The van der Waals surface area contributed by atoms with Gasteiger partial charge in [-0.25, -0.2) is 4.79 Å². The van der Waals surface area contributed by atoms with Crippen molar-refractivity contribution < 1.29 is 25.1 Å². The molecule has 112 valence electrons. The molecular weight excluding hydrogens is 298 g/mol. The largest absolute Gasteiger partial charge is 0.494 e. The number of hydrogen-bond donors (Lipinski definition) is 4. The lowest BCUT2D eigenvalue weighted by molar-refractivity contribution is -0.274. The zero-order chi connectivity index (χ0) is 15.6. The van der Waals surface area contributed by atoms with Gasteiger partial charge in [0.1, 0.15) is 16.4 Å². The van der Waals surface area contributed by atoms with Gasteiger partial charge in [-0.2, -0.15) is 10.4 Å². The number of methoxy groups -OCH3 is 1. The minimum atomic E-state index is -1.67. The molecule has 0 aliphatic heterocycles. The number of quaternary nitrogens is 1. The number of ether oxygens (including phenoxy) is 1. The Hall–Kier alpha value is -2.20. The van der Waals surface area contributed by atoms with Gasteiger partial charge in [0.25, 0.3) is 0 Å². The molecule has 0 spiro atoms. The molecule has 2 rings (SSSR count). The number of nitrogens with one attached hydrogen (secondary N) is 1.